The van der Waals surface area contributed by atoms with Crippen LogP contribution in [0, 0.1) is 20.8 Å². The van der Waals surface area contributed by atoms with E-state index in [2.05, 4.69) is 20.6 Å². The summed E-state index contributed by atoms with van der Waals surface area (Å²) < 4.78 is 0. The van der Waals surface area contributed by atoms with Gasteiger partial charge in [0, 0.05) is 16.9 Å². The van der Waals surface area contributed by atoms with E-state index in [-0.39, 0.29) is 24.1 Å². The zero-order chi connectivity index (χ0) is 21.5. The normalized spacial score (nSPS) is 10.5. The number of hydrogen-bond acceptors (Lipinski definition) is 5. The van der Waals surface area contributed by atoms with Crippen molar-refractivity contribution < 1.29 is 9.59 Å². The summed E-state index contributed by atoms with van der Waals surface area (Å²) >= 11 is 1.25. The molecule has 154 valence electrons. The van der Waals surface area contributed by atoms with E-state index in [1.165, 1.54) is 11.8 Å². The van der Waals surface area contributed by atoms with Crippen LogP contribution in [0.3, 0.4) is 0 Å². The fraction of sp³-hybridized carbons (Fsp3) is 0.217. The molecule has 0 fully saturated rings. The van der Waals surface area contributed by atoms with E-state index >= 15 is 0 Å². The summed E-state index contributed by atoms with van der Waals surface area (Å²) in [5.41, 5.74) is 5.51. The summed E-state index contributed by atoms with van der Waals surface area (Å²) in [6.07, 6.45) is 0. The maximum Gasteiger partial charge on any atom is 0.243 e. The van der Waals surface area contributed by atoms with Crippen molar-refractivity contribution in [3.63, 3.8) is 0 Å². The molecule has 1 aromatic heterocycles. The average Bonchev–Trinajstić information content (AvgIpc) is 2.74. The van der Waals surface area contributed by atoms with Crippen molar-refractivity contribution >= 4 is 29.3 Å². The molecular weight excluding hydrogens is 396 g/mol. The van der Waals surface area contributed by atoms with Gasteiger partial charge >= 0.3 is 0 Å². The summed E-state index contributed by atoms with van der Waals surface area (Å²) in [5, 5.41) is 6.00. The summed E-state index contributed by atoms with van der Waals surface area (Å²) in [6, 6.07) is 17.5. The average molecular weight is 421 g/mol. The number of carbonyl (C=O) groups is 2. The molecule has 0 unspecified atom stereocenters. The van der Waals surface area contributed by atoms with Gasteiger partial charge in [0.15, 0.2) is 5.16 Å². The van der Waals surface area contributed by atoms with Crippen molar-refractivity contribution in [3.8, 4) is 11.3 Å². The number of hydrogen-bond donors (Lipinski definition) is 2. The first-order valence-electron chi connectivity index (χ1n) is 9.59. The van der Waals surface area contributed by atoms with Gasteiger partial charge in [0.1, 0.15) is 0 Å². The Labute approximate surface area is 180 Å². The highest BCUT2D eigenvalue weighted by Gasteiger charge is 2.11. The van der Waals surface area contributed by atoms with Gasteiger partial charge in [0.05, 0.1) is 18.0 Å². The third-order valence-corrected chi connectivity index (χ3v) is 5.41. The zero-order valence-electron chi connectivity index (χ0n) is 17.2. The Bertz CT molecular complexity index is 1050. The molecule has 1 heterocycles. The van der Waals surface area contributed by atoms with E-state index in [0.717, 1.165) is 33.8 Å². The second-order valence-electron chi connectivity index (χ2n) is 6.90. The number of nitrogens with zero attached hydrogens (tertiary/aromatic N) is 2. The highest BCUT2D eigenvalue weighted by molar-refractivity contribution is 7.99. The van der Waals surface area contributed by atoms with Crippen LogP contribution in [0.1, 0.15) is 16.8 Å². The van der Waals surface area contributed by atoms with E-state index in [1.54, 1.807) is 0 Å². The lowest BCUT2D eigenvalue weighted by molar-refractivity contribution is -0.122. The number of anilines is 1. The van der Waals surface area contributed by atoms with Crippen LogP contribution in [0.4, 0.5) is 5.69 Å². The van der Waals surface area contributed by atoms with Crippen LogP contribution < -0.4 is 10.6 Å². The number of amides is 2. The van der Waals surface area contributed by atoms with E-state index in [9.17, 15) is 9.59 Å². The molecule has 30 heavy (non-hydrogen) atoms. The number of aromatic nitrogens is 2. The molecule has 0 aliphatic rings. The molecule has 2 N–H and O–H groups in total. The third kappa shape index (κ3) is 5.90. The van der Waals surface area contributed by atoms with Crippen molar-refractivity contribution in [1.29, 1.82) is 0 Å². The number of aryl methyl sites for hydroxylation is 2. The zero-order valence-corrected chi connectivity index (χ0v) is 18.0. The monoisotopic (exact) mass is 420 g/mol. The first kappa shape index (κ1) is 21.5. The quantitative estimate of drug-likeness (QED) is 0.447. The SMILES string of the molecule is Cc1cc(-c2ccccc2)nc(SCC(=O)NCC(=O)Nc2cccc(C)c2C)n1. The van der Waals surface area contributed by atoms with Gasteiger partial charge in [-0.3, -0.25) is 9.59 Å². The topological polar surface area (TPSA) is 84.0 Å². The minimum absolute atomic E-state index is 0.0866. The molecule has 3 aromatic rings. The summed E-state index contributed by atoms with van der Waals surface area (Å²) in [6.45, 7) is 5.75. The van der Waals surface area contributed by atoms with Gasteiger partial charge in [0.2, 0.25) is 11.8 Å². The molecule has 0 bridgehead atoms. The van der Waals surface area contributed by atoms with Gasteiger partial charge in [-0.25, -0.2) is 9.97 Å². The summed E-state index contributed by atoms with van der Waals surface area (Å²) in [4.78, 5) is 33.2. The van der Waals surface area contributed by atoms with Gasteiger partial charge in [-0.15, -0.1) is 0 Å². The van der Waals surface area contributed by atoms with Gasteiger partial charge in [-0.2, -0.15) is 0 Å². The highest BCUT2D eigenvalue weighted by atomic mass is 32.2. The molecule has 0 saturated carbocycles. The molecule has 0 aliphatic heterocycles. The number of rotatable bonds is 7. The predicted octanol–water partition coefficient (Wildman–Crippen LogP) is 3.92. The Kier molecular flexibility index (Phi) is 7.19. The van der Waals surface area contributed by atoms with Crippen molar-refractivity contribution in [2.75, 3.05) is 17.6 Å². The molecule has 0 radical (unpaired) electrons. The van der Waals surface area contributed by atoms with Crippen molar-refractivity contribution in [3.05, 3.63) is 71.4 Å². The molecule has 7 heteroatoms. The van der Waals surface area contributed by atoms with Gasteiger partial charge < -0.3 is 10.6 Å². The molecule has 0 atom stereocenters. The Hall–Kier alpha value is -3.19. The first-order valence-corrected chi connectivity index (χ1v) is 10.6. The Morgan fingerprint density at radius 1 is 0.933 bits per heavy atom. The van der Waals surface area contributed by atoms with E-state index in [0.29, 0.717) is 5.16 Å². The Morgan fingerprint density at radius 2 is 1.70 bits per heavy atom. The second-order valence-corrected chi connectivity index (χ2v) is 7.85. The lowest BCUT2D eigenvalue weighted by atomic mass is 10.1. The number of nitrogens with one attached hydrogen (secondary N) is 2. The summed E-state index contributed by atoms with van der Waals surface area (Å²) in [5.74, 6) is -0.378. The largest absolute Gasteiger partial charge is 0.346 e. The molecule has 0 aliphatic carbocycles. The van der Waals surface area contributed by atoms with Gasteiger partial charge in [-0.1, -0.05) is 54.2 Å². The third-order valence-electron chi connectivity index (χ3n) is 4.56. The molecule has 3 rings (SSSR count). The molecule has 2 aromatic carbocycles. The predicted molar refractivity (Wildman–Crippen MR) is 120 cm³/mol. The Balaban J connectivity index is 1.52. The highest BCUT2D eigenvalue weighted by Crippen LogP contribution is 2.21. The van der Waals surface area contributed by atoms with E-state index in [1.807, 2.05) is 75.4 Å². The Morgan fingerprint density at radius 3 is 2.47 bits per heavy atom. The number of carbonyl (C=O) groups excluding carboxylic acids is 2. The lowest BCUT2D eigenvalue weighted by Gasteiger charge is -2.11. The van der Waals surface area contributed by atoms with Crippen LogP contribution in [-0.4, -0.2) is 34.1 Å². The molecule has 0 saturated heterocycles. The fourth-order valence-corrected chi connectivity index (χ4v) is 3.54. The summed E-state index contributed by atoms with van der Waals surface area (Å²) in [7, 11) is 0. The van der Waals surface area contributed by atoms with Crippen molar-refractivity contribution in [1.82, 2.24) is 15.3 Å². The van der Waals surface area contributed by atoms with Crippen LogP contribution in [-0.2, 0) is 9.59 Å². The van der Waals surface area contributed by atoms with Crippen LogP contribution in [0.25, 0.3) is 11.3 Å². The fourth-order valence-electron chi connectivity index (χ4n) is 2.80. The maximum absolute atomic E-state index is 12.2. The van der Waals surface area contributed by atoms with Crippen LogP contribution in [0.2, 0.25) is 0 Å². The van der Waals surface area contributed by atoms with Crippen LogP contribution >= 0.6 is 11.8 Å². The maximum atomic E-state index is 12.2. The van der Waals surface area contributed by atoms with Crippen LogP contribution in [0.15, 0.2) is 59.8 Å². The standard InChI is InChI=1S/C23H24N4O2S/c1-15-8-7-11-19(17(15)3)26-21(28)13-24-22(29)14-30-23-25-16(2)12-20(27-23)18-9-5-4-6-10-18/h4-12H,13-14H2,1-3H3,(H,24,29)(H,26,28). The van der Waals surface area contributed by atoms with E-state index in [4.69, 9.17) is 0 Å². The molecule has 6 nitrogen and oxygen atoms in total. The number of thioether (sulfide) groups is 1. The first-order chi connectivity index (χ1) is 14.4. The van der Waals surface area contributed by atoms with Crippen molar-refractivity contribution in [2.45, 2.75) is 25.9 Å². The van der Waals surface area contributed by atoms with Crippen molar-refractivity contribution in [2.24, 2.45) is 0 Å². The van der Waals surface area contributed by atoms with Gasteiger partial charge in [0.25, 0.3) is 0 Å². The van der Waals surface area contributed by atoms with Crippen LogP contribution in [0.5, 0.6) is 0 Å². The van der Waals surface area contributed by atoms with Gasteiger partial charge in [-0.05, 0) is 44.0 Å². The second kappa shape index (κ2) is 10.0. The van der Waals surface area contributed by atoms with E-state index < -0.39 is 0 Å². The minimum atomic E-state index is -0.264. The number of benzene rings is 2. The molecule has 0 spiro atoms. The minimum Gasteiger partial charge on any atom is -0.346 e. The molecule has 2 amide bonds. The molecular formula is C23H24N4O2S. The lowest BCUT2D eigenvalue weighted by Crippen LogP contribution is -2.34. The smallest absolute Gasteiger partial charge is 0.243 e.